The molecule has 0 atom stereocenters. The number of aryl methyl sites for hydroxylation is 1. The SMILES string of the molecule is Cc1cc(NCC2(N(C)C)CCOCC2)c2ccccc2n1. The Bertz CT molecular complexity index is 648. The Morgan fingerprint density at radius 3 is 2.68 bits per heavy atom. The highest BCUT2D eigenvalue weighted by Crippen LogP contribution is 2.28. The first-order valence-electron chi connectivity index (χ1n) is 7.96. The molecule has 0 spiro atoms. The summed E-state index contributed by atoms with van der Waals surface area (Å²) in [6.45, 7) is 4.66. The lowest BCUT2D eigenvalue weighted by molar-refractivity contribution is -0.000616. The normalized spacial score (nSPS) is 17.8. The molecule has 1 aliphatic heterocycles. The van der Waals surface area contributed by atoms with Crippen LogP contribution in [-0.2, 0) is 4.74 Å². The molecule has 0 saturated carbocycles. The van der Waals surface area contributed by atoms with Crippen LogP contribution in [0.3, 0.4) is 0 Å². The molecule has 2 aromatic rings. The van der Waals surface area contributed by atoms with E-state index in [0.717, 1.165) is 43.8 Å². The molecule has 3 rings (SSSR count). The molecule has 0 bridgehead atoms. The molecule has 4 heteroatoms. The fraction of sp³-hybridized carbons (Fsp3) is 0.500. The van der Waals surface area contributed by atoms with Crippen molar-refractivity contribution < 1.29 is 4.74 Å². The molecule has 1 fully saturated rings. The van der Waals surface area contributed by atoms with Crippen molar-refractivity contribution in [2.45, 2.75) is 25.3 Å². The maximum atomic E-state index is 5.55. The minimum Gasteiger partial charge on any atom is -0.383 e. The molecule has 0 amide bonds. The van der Waals surface area contributed by atoms with Gasteiger partial charge in [-0.3, -0.25) is 4.98 Å². The molecular weight excluding hydrogens is 274 g/mol. The van der Waals surface area contributed by atoms with E-state index in [1.807, 2.05) is 13.0 Å². The highest BCUT2D eigenvalue weighted by molar-refractivity contribution is 5.91. The van der Waals surface area contributed by atoms with Gasteiger partial charge in [0.25, 0.3) is 0 Å². The average molecular weight is 299 g/mol. The van der Waals surface area contributed by atoms with Gasteiger partial charge in [-0.1, -0.05) is 18.2 Å². The zero-order valence-corrected chi connectivity index (χ0v) is 13.7. The van der Waals surface area contributed by atoms with Gasteiger partial charge < -0.3 is 15.0 Å². The number of benzene rings is 1. The minimum absolute atomic E-state index is 0.163. The van der Waals surface area contributed by atoms with Crippen LogP contribution < -0.4 is 5.32 Å². The van der Waals surface area contributed by atoms with E-state index in [1.165, 1.54) is 11.1 Å². The van der Waals surface area contributed by atoms with Crippen molar-refractivity contribution in [1.82, 2.24) is 9.88 Å². The number of likely N-dealkylation sites (N-methyl/N-ethyl adjacent to an activating group) is 1. The van der Waals surface area contributed by atoms with E-state index in [-0.39, 0.29) is 5.54 Å². The number of ether oxygens (including phenoxy) is 1. The van der Waals surface area contributed by atoms with E-state index in [9.17, 15) is 0 Å². The smallest absolute Gasteiger partial charge is 0.0725 e. The molecule has 118 valence electrons. The molecule has 1 saturated heterocycles. The summed E-state index contributed by atoms with van der Waals surface area (Å²) in [4.78, 5) is 6.96. The Balaban J connectivity index is 1.86. The first kappa shape index (κ1) is 15.3. The maximum Gasteiger partial charge on any atom is 0.0725 e. The lowest BCUT2D eigenvalue weighted by Gasteiger charge is -2.43. The summed E-state index contributed by atoms with van der Waals surface area (Å²) in [5, 5.41) is 4.87. The van der Waals surface area contributed by atoms with Gasteiger partial charge in [-0.2, -0.15) is 0 Å². The third-order valence-electron chi connectivity index (χ3n) is 4.82. The quantitative estimate of drug-likeness (QED) is 0.941. The number of nitrogens with one attached hydrogen (secondary N) is 1. The van der Waals surface area contributed by atoms with Crippen molar-refractivity contribution >= 4 is 16.6 Å². The molecule has 22 heavy (non-hydrogen) atoms. The topological polar surface area (TPSA) is 37.4 Å². The Morgan fingerprint density at radius 1 is 1.23 bits per heavy atom. The van der Waals surface area contributed by atoms with Crippen LogP contribution in [0.2, 0.25) is 0 Å². The van der Waals surface area contributed by atoms with Gasteiger partial charge in [0.15, 0.2) is 0 Å². The Kier molecular flexibility index (Phi) is 4.32. The van der Waals surface area contributed by atoms with Crippen molar-refractivity contribution in [2.75, 3.05) is 39.2 Å². The van der Waals surface area contributed by atoms with Gasteiger partial charge in [0, 0.05) is 42.1 Å². The summed E-state index contributed by atoms with van der Waals surface area (Å²) in [5.41, 5.74) is 3.44. The number of anilines is 1. The molecule has 4 nitrogen and oxygen atoms in total. The first-order chi connectivity index (χ1) is 10.6. The van der Waals surface area contributed by atoms with E-state index in [4.69, 9.17) is 4.74 Å². The summed E-state index contributed by atoms with van der Waals surface area (Å²) in [5.74, 6) is 0. The first-order valence-corrected chi connectivity index (χ1v) is 7.96. The monoisotopic (exact) mass is 299 g/mol. The van der Waals surface area contributed by atoms with Crippen molar-refractivity contribution in [1.29, 1.82) is 0 Å². The Hall–Kier alpha value is -1.65. The molecule has 2 heterocycles. The maximum absolute atomic E-state index is 5.55. The summed E-state index contributed by atoms with van der Waals surface area (Å²) < 4.78 is 5.55. The van der Waals surface area contributed by atoms with Gasteiger partial charge in [-0.25, -0.2) is 0 Å². The van der Waals surface area contributed by atoms with E-state index >= 15 is 0 Å². The molecule has 0 radical (unpaired) electrons. The van der Waals surface area contributed by atoms with Gasteiger partial charge in [0.2, 0.25) is 0 Å². The Morgan fingerprint density at radius 2 is 1.95 bits per heavy atom. The third-order valence-corrected chi connectivity index (χ3v) is 4.82. The standard InChI is InChI=1S/C18H25N3O/c1-14-12-17(15-6-4-5-7-16(15)20-14)19-13-18(21(2)3)8-10-22-11-9-18/h4-7,12H,8-11,13H2,1-3H3,(H,19,20). The van der Waals surface area contributed by atoms with Gasteiger partial charge in [0.05, 0.1) is 5.52 Å². The zero-order valence-electron chi connectivity index (χ0n) is 13.7. The highest BCUT2D eigenvalue weighted by Gasteiger charge is 2.34. The second kappa shape index (κ2) is 6.23. The zero-order chi connectivity index (χ0) is 15.6. The van der Waals surface area contributed by atoms with Gasteiger partial charge >= 0.3 is 0 Å². The van der Waals surface area contributed by atoms with E-state index in [1.54, 1.807) is 0 Å². The molecular formula is C18H25N3O. The molecule has 0 aliphatic carbocycles. The molecule has 1 aromatic carbocycles. The number of para-hydroxylation sites is 1. The molecule has 1 aromatic heterocycles. The summed E-state index contributed by atoms with van der Waals surface area (Å²) in [6.07, 6.45) is 2.13. The molecule has 1 aliphatic rings. The van der Waals surface area contributed by atoms with Crippen LogP contribution in [-0.4, -0.2) is 49.3 Å². The summed E-state index contributed by atoms with van der Waals surface area (Å²) in [7, 11) is 4.34. The van der Waals surface area contributed by atoms with Crippen LogP contribution in [0, 0.1) is 6.92 Å². The van der Waals surface area contributed by atoms with E-state index < -0.39 is 0 Å². The van der Waals surface area contributed by atoms with Crippen molar-refractivity contribution in [2.24, 2.45) is 0 Å². The van der Waals surface area contributed by atoms with Crippen molar-refractivity contribution in [3.63, 3.8) is 0 Å². The second-order valence-corrected chi connectivity index (χ2v) is 6.41. The fourth-order valence-corrected chi connectivity index (χ4v) is 3.25. The van der Waals surface area contributed by atoms with Gasteiger partial charge in [-0.05, 0) is 46.0 Å². The predicted molar refractivity (Wildman–Crippen MR) is 91.4 cm³/mol. The van der Waals surface area contributed by atoms with E-state index in [0.29, 0.717) is 0 Å². The largest absolute Gasteiger partial charge is 0.383 e. The van der Waals surface area contributed by atoms with Crippen LogP contribution in [0.5, 0.6) is 0 Å². The second-order valence-electron chi connectivity index (χ2n) is 6.41. The fourth-order valence-electron chi connectivity index (χ4n) is 3.25. The van der Waals surface area contributed by atoms with Gasteiger partial charge in [0.1, 0.15) is 0 Å². The number of pyridine rings is 1. The van der Waals surface area contributed by atoms with Crippen LogP contribution in [0.25, 0.3) is 10.9 Å². The lowest BCUT2D eigenvalue weighted by atomic mass is 9.88. The molecule has 1 N–H and O–H groups in total. The van der Waals surface area contributed by atoms with Crippen LogP contribution >= 0.6 is 0 Å². The predicted octanol–water partition coefficient (Wildman–Crippen LogP) is 3.07. The summed E-state index contributed by atoms with van der Waals surface area (Å²) in [6, 6.07) is 10.5. The minimum atomic E-state index is 0.163. The Labute approximate surface area is 132 Å². The van der Waals surface area contributed by atoms with E-state index in [2.05, 4.69) is 53.6 Å². The van der Waals surface area contributed by atoms with Crippen molar-refractivity contribution in [3.8, 4) is 0 Å². The number of rotatable bonds is 4. The number of fused-ring (bicyclic) bond motifs is 1. The van der Waals surface area contributed by atoms with Crippen molar-refractivity contribution in [3.05, 3.63) is 36.0 Å². The molecule has 0 unspecified atom stereocenters. The van der Waals surface area contributed by atoms with Crippen LogP contribution in [0.4, 0.5) is 5.69 Å². The van der Waals surface area contributed by atoms with Crippen LogP contribution in [0.1, 0.15) is 18.5 Å². The number of aromatic nitrogens is 1. The third kappa shape index (κ3) is 2.94. The van der Waals surface area contributed by atoms with Gasteiger partial charge in [-0.15, -0.1) is 0 Å². The summed E-state index contributed by atoms with van der Waals surface area (Å²) >= 11 is 0. The number of nitrogens with zero attached hydrogens (tertiary/aromatic N) is 2. The number of hydrogen-bond donors (Lipinski definition) is 1. The number of hydrogen-bond acceptors (Lipinski definition) is 4. The average Bonchev–Trinajstić information content (AvgIpc) is 2.53. The highest BCUT2D eigenvalue weighted by atomic mass is 16.5. The lowest BCUT2D eigenvalue weighted by Crippen LogP contribution is -2.53. The van der Waals surface area contributed by atoms with Crippen LogP contribution in [0.15, 0.2) is 30.3 Å².